The zero-order valence-corrected chi connectivity index (χ0v) is 13.3. The summed E-state index contributed by atoms with van der Waals surface area (Å²) in [6.07, 6.45) is 0. The average Bonchev–Trinajstić information content (AvgIpc) is 3.16. The zero-order valence-electron chi connectivity index (χ0n) is 13.3. The van der Waals surface area contributed by atoms with Crippen molar-refractivity contribution in [2.45, 2.75) is 13.8 Å². The predicted octanol–water partition coefficient (Wildman–Crippen LogP) is 1.83. The number of ether oxygens (including phenoxy) is 3. The first-order chi connectivity index (χ1) is 11.6. The van der Waals surface area contributed by atoms with E-state index in [4.69, 9.17) is 18.7 Å². The number of amides is 1. The number of benzene rings is 1. The van der Waals surface area contributed by atoms with Gasteiger partial charge in [0.15, 0.2) is 11.5 Å². The van der Waals surface area contributed by atoms with E-state index in [1.165, 1.54) is 0 Å². The van der Waals surface area contributed by atoms with E-state index in [-0.39, 0.29) is 25.9 Å². The summed E-state index contributed by atoms with van der Waals surface area (Å²) in [5.74, 6) is 7.91. The standard InChI is InChI=1S/C17H16N2O5/c1-11-16(12(2)24-19-11)17(20)18-7-3-4-8-21-13-5-6-14-15(9-13)23-10-22-14/h5-6,9H,7-8,10H2,1-2H3,(H,18,20). The summed E-state index contributed by atoms with van der Waals surface area (Å²) in [7, 11) is 0. The number of carbonyl (C=O) groups excluding carboxylic acids is 1. The Bertz CT molecular complexity index is 797. The fourth-order valence-electron chi connectivity index (χ4n) is 2.22. The molecule has 0 unspecified atom stereocenters. The van der Waals surface area contributed by atoms with Crippen molar-refractivity contribution in [3.8, 4) is 29.1 Å². The minimum Gasteiger partial charge on any atom is -0.481 e. The summed E-state index contributed by atoms with van der Waals surface area (Å²) in [5, 5.41) is 6.44. The van der Waals surface area contributed by atoms with Gasteiger partial charge in [0.2, 0.25) is 6.79 Å². The van der Waals surface area contributed by atoms with Crippen LogP contribution in [0.4, 0.5) is 0 Å². The summed E-state index contributed by atoms with van der Waals surface area (Å²) in [4.78, 5) is 12.0. The molecule has 0 fully saturated rings. The average molecular weight is 328 g/mol. The first-order valence-electron chi connectivity index (χ1n) is 7.34. The number of nitrogens with zero attached hydrogens (tertiary/aromatic N) is 1. The number of hydrogen-bond donors (Lipinski definition) is 1. The summed E-state index contributed by atoms with van der Waals surface area (Å²) in [6.45, 7) is 4.06. The molecule has 0 aliphatic carbocycles. The molecule has 2 heterocycles. The molecule has 0 saturated carbocycles. The highest BCUT2D eigenvalue weighted by atomic mass is 16.7. The van der Waals surface area contributed by atoms with E-state index in [2.05, 4.69) is 22.3 Å². The van der Waals surface area contributed by atoms with Crippen LogP contribution in [0.15, 0.2) is 22.7 Å². The van der Waals surface area contributed by atoms with E-state index in [9.17, 15) is 4.79 Å². The van der Waals surface area contributed by atoms with Crippen molar-refractivity contribution >= 4 is 5.91 Å². The molecule has 1 N–H and O–H groups in total. The van der Waals surface area contributed by atoms with Crippen LogP contribution in [0.25, 0.3) is 0 Å². The van der Waals surface area contributed by atoms with Crippen LogP contribution in [-0.2, 0) is 0 Å². The number of rotatable bonds is 4. The molecule has 1 aromatic carbocycles. The number of aromatic nitrogens is 1. The lowest BCUT2D eigenvalue weighted by Gasteiger charge is -2.03. The van der Waals surface area contributed by atoms with Crippen LogP contribution < -0.4 is 19.5 Å². The number of hydrogen-bond acceptors (Lipinski definition) is 6. The minimum atomic E-state index is -0.253. The van der Waals surface area contributed by atoms with Gasteiger partial charge in [-0.3, -0.25) is 4.79 Å². The number of nitrogens with one attached hydrogen (secondary N) is 1. The molecule has 1 amide bonds. The highest BCUT2D eigenvalue weighted by Gasteiger charge is 2.16. The summed E-state index contributed by atoms with van der Waals surface area (Å²) < 4.78 is 20.9. The van der Waals surface area contributed by atoms with Crippen LogP contribution in [0.3, 0.4) is 0 Å². The van der Waals surface area contributed by atoms with Gasteiger partial charge >= 0.3 is 0 Å². The van der Waals surface area contributed by atoms with Gasteiger partial charge in [0.05, 0.1) is 12.2 Å². The fourth-order valence-corrected chi connectivity index (χ4v) is 2.22. The minimum absolute atomic E-state index is 0.209. The molecule has 0 bridgehead atoms. The van der Waals surface area contributed by atoms with Crippen LogP contribution in [-0.4, -0.2) is 31.0 Å². The normalized spacial score (nSPS) is 11.6. The first-order valence-corrected chi connectivity index (χ1v) is 7.34. The van der Waals surface area contributed by atoms with Crippen molar-refractivity contribution < 1.29 is 23.5 Å². The van der Waals surface area contributed by atoms with Gasteiger partial charge in [-0.1, -0.05) is 17.0 Å². The Morgan fingerprint density at radius 2 is 2.12 bits per heavy atom. The Labute approximate surface area is 138 Å². The van der Waals surface area contributed by atoms with Crippen LogP contribution in [0.5, 0.6) is 17.2 Å². The number of fused-ring (bicyclic) bond motifs is 1. The Morgan fingerprint density at radius 1 is 1.29 bits per heavy atom. The zero-order chi connectivity index (χ0) is 16.9. The molecule has 24 heavy (non-hydrogen) atoms. The van der Waals surface area contributed by atoms with Crippen LogP contribution in [0, 0.1) is 25.7 Å². The summed E-state index contributed by atoms with van der Waals surface area (Å²) in [5.41, 5.74) is 1.01. The van der Waals surface area contributed by atoms with Gasteiger partial charge in [-0.25, -0.2) is 0 Å². The molecule has 1 aromatic heterocycles. The topological polar surface area (TPSA) is 82.8 Å². The quantitative estimate of drug-likeness (QED) is 0.862. The number of aryl methyl sites for hydroxylation is 2. The second-order valence-electron chi connectivity index (χ2n) is 5.04. The molecule has 1 aliphatic heterocycles. The smallest absolute Gasteiger partial charge is 0.257 e. The van der Waals surface area contributed by atoms with Crippen molar-refractivity contribution in [1.29, 1.82) is 0 Å². The maximum Gasteiger partial charge on any atom is 0.257 e. The van der Waals surface area contributed by atoms with Crippen LogP contribution >= 0.6 is 0 Å². The van der Waals surface area contributed by atoms with Crippen molar-refractivity contribution in [3.05, 3.63) is 35.2 Å². The largest absolute Gasteiger partial charge is 0.481 e. The van der Waals surface area contributed by atoms with E-state index >= 15 is 0 Å². The predicted molar refractivity (Wildman–Crippen MR) is 84.1 cm³/mol. The Balaban J connectivity index is 1.44. The molecule has 7 nitrogen and oxygen atoms in total. The molecule has 2 aromatic rings. The first kappa shape index (κ1) is 15.7. The molecule has 3 rings (SSSR count). The van der Waals surface area contributed by atoms with Crippen molar-refractivity contribution in [2.24, 2.45) is 0 Å². The SMILES string of the molecule is Cc1noc(C)c1C(=O)NCC#CCOc1ccc2c(c1)OCO2. The second-order valence-corrected chi connectivity index (χ2v) is 5.04. The van der Waals surface area contributed by atoms with Gasteiger partial charge in [0, 0.05) is 6.07 Å². The third kappa shape index (κ3) is 3.43. The number of carbonyl (C=O) groups is 1. The molecular weight excluding hydrogens is 312 g/mol. The van der Waals surface area contributed by atoms with Crippen molar-refractivity contribution in [2.75, 3.05) is 19.9 Å². The molecule has 124 valence electrons. The molecule has 0 atom stereocenters. The highest BCUT2D eigenvalue weighted by Crippen LogP contribution is 2.34. The van der Waals surface area contributed by atoms with Gasteiger partial charge in [0.25, 0.3) is 5.91 Å². The second kappa shape index (κ2) is 6.96. The van der Waals surface area contributed by atoms with Gasteiger partial charge < -0.3 is 24.1 Å². The van der Waals surface area contributed by atoms with Gasteiger partial charge in [-0.15, -0.1) is 0 Å². The fraction of sp³-hybridized carbons (Fsp3) is 0.294. The van der Waals surface area contributed by atoms with Crippen LogP contribution in [0.1, 0.15) is 21.8 Å². The lowest BCUT2D eigenvalue weighted by Crippen LogP contribution is -2.24. The molecule has 0 spiro atoms. The highest BCUT2D eigenvalue weighted by molar-refractivity contribution is 5.96. The molecule has 1 aliphatic rings. The molecule has 0 saturated heterocycles. The lowest BCUT2D eigenvalue weighted by molar-refractivity contribution is 0.0956. The van der Waals surface area contributed by atoms with E-state index in [0.717, 1.165) is 0 Å². The summed E-state index contributed by atoms with van der Waals surface area (Å²) >= 11 is 0. The van der Waals surface area contributed by atoms with E-state index in [1.54, 1.807) is 32.0 Å². The molecule has 7 heteroatoms. The maximum atomic E-state index is 12.0. The molecule has 0 radical (unpaired) electrons. The van der Waals surface area contributed by atoms with Crippen LogP contribution in [0.2, 0.25) is 0 Å². The van der Waals surface area contributed by atoms with Gasteiger partial charge in [0.1, 0.15) is 23.7 Å². The monoisotopic (exact) mass is 328 g/mol. The van der Waals surface area contributed by atoms with E-state index in [1.807, 2.05) is 0 Å². The third-order valence-corrected chi connectivity index (χ3v) is 3.38. The molecular formula is C17H16N2O5. The Hall–Kier alpha value is -3.14. The van der Waals surface area contributed by atoms with Gasteiger partial charge in [-0.2, -0.15) is 0 Å². The summed E-state index contributed by atoms with van der Waals surface area (Å²) in [6, 6.07) is 5.33. The van der Waals surface area contributed by atoms with Gasteiger partial charge in [-0.05, 0) is 26.0 Å². The van der Waals surface area contributed by atoms with E-state index in [0.29, 0.717) is 34.3 Å². The Kier molecular flexibility index (Phi) is 4.57. The maximum absolute atomic E-state index is 12.0. The van der Waals surface area contributed by atoms with Crippen molar-refractivity contribution in [3.63, 3.8) is 0 Å². The van der Waals surface area contributed by atoms with Crippen molar-refractivity contribution in [1.82, 2.24) is 10.5 Å². The van der Waals surface area contributed by atoms with E-state index < -0.39 is 0 Å². The Morgan fingerprint density at radius 3 is 2.92 bits per heavy atom. The third-order valence-electron chi connectivity index (χ3n) is 3.38. The lowest BCUT2D eigenvalue weighted by atomic mass is 10.2.